The number of fused-ring (bicyclic) bond motifs is 1. The van der Waals surface area contributed by atoms with Crippen LogP contribution in [0.15, 0.2) is 42.5 Å². The molecule has 0 aromatic heterocycles. The van der Waals surface area contributed by atoms with Crippen LogP contribution in [0.5, 0.6) is 5.75 Å². The highest BCUT2D eigenvalue weighted by Gasteiger charge is 2.37. The van der Waals surface area contributed by atoms with Crippen molar-refractivity contribution in [3.05, 3.63) is 65.0 Å². The van der Waals surface area contributed by atoms with Crippen molar-refractivity contribution in [2.45, 2.75) is 59.1 Å². The Morgan fingerprint density at radius 1 is 1.18 bits per heavy atom. The van der Waals surface area contributed by atoms with Crippen LogP contribution in [0.1, 0.15) is 63.3 Å². The maximum Gasteiger partial charge on any atom is 0.260 e. The molecular formula is C27H33FN2O3. The average Bonchev–Trinajstić information content (AvgIpc) is 3.60. The van der Waals surface area contributed by atoms with Gasteiger partial charge in [-0.2, -0.15) is 0 Å². The molecule has 5 nitrogen and oxygen atoms in total. The second-order valence-corrected chi connectivity index (χ2v) is 10.3. The predicted molar refractivity (Wildman–Crippen MR) is 125 cm³/mol. The third-order valence-corrected chi connectivity index (χ3v) is 6.36. The average molecular weight is 453 g/mol. The van der Waals surface area contributed by atoms with Gasteiger partial charge in [-0.25, -0.2) is 4.39 Å². The van der Waals surface area contributed by atoms with Gasteiger partial charge >= 0.3 is 0 Å². The smallest absolute Gasteiger partial charge is 0.260 e. The first kappa shape index (κ1) is 23.3. The number of halogens is 1. The lowest BCUT2D eigenvalue weighted by molar-refractivity contribution is -0.141. The summed E-state index contributed by atoms with van der Waals surface area (Å²) in [5.74, 6) is 0.709. The summed E-state index contributed by atoms with van der Waals surface area (Å²) in [5.41, 5.74) is 2.17. The predicted octanol–water partition coefficient (Wildman–Crippen LogP) is 4.64. The molecule has 1 aliphatic carbocycles. The first-order chi connectivity index (χ1) is 15.6. The summed E-state index contributed by atoms with van der Waals surface area (Å²) in [6.07, 6.45) is 2.42. The third-order valence-electron chi connectivity index (χ3n) is 6.36. The lowest BCUT2D eigenvalue weighted by Gasteiger charge is -2.41. The Hall–Kier alpha value is -2.89. The standard InChI is InChI=1S/C27H33FN2O3/c1-17(25(31)29-16-18-8-9-18)33-22-11-10-19-12-13-30(26(32)27(2,3)4)24(23(19)15-22)20-6-5-7-21(28)14-20/h5-7,10-11,14-15,17-18,24H,8-9,12-13,16H2,1-4H3,(H,29,31)/t17-,24-/m0/s1. The van der Waals surface area contributed by atoms with Gasteiger partial charge in [-0.05, 0) is 73.1 Å². The Morgan fingerprint density at radius 2 is 1.94 bits per heavy atom. The van der Waals surface area contributed by atoms with Gasteiger partial charge in [0.15, 0.2) is 6.10 Å². The van der Waals surface area contributed by atoms with E-state index in [2.05, 4.69) is 5.32 Å². The second kappa shape index (κ2) is 9.16. The van der Waals surface area contributed by atoms with Crippen molar-refractivity contribution < 1.29 is 18.7 Å². The number of carbonyl (C=O) groups is 2. The van der Waals surface area contributed by atoms with E-state index in [-0.39, 0.29) is 17.6 Å². The van der Waals surface area contributed by atoms with Crippen LogP contribution in [-0.4, -0.2) is 35.9 Å². The van der Waals surface area contributed by atoms with Crippen LogP contribution < -0.4 is 10.1 Å². The largest absolute Gasteiger partial charge is 0.481 e. The van der Waals surface area contributed by atoms with E-state index in [1.165, 1.54) is 25.0 Å². The molecule has 1 saturated carbocycles. The van der Waals surface area contributed by atoms with Crippen LogP contribution in [0, 0.1) is 17.2 Å². The number of ether oxygens (including phenoxy) is 1. The summed E-state index contributed by atoms with van der Waals surface area (Å²) in [6.45, 7) is 8.69. The summed E-state index contributed by atoms with van der Waals surface area (Å²) in [6, 6.07) is 11.8. The molecule has 0 radical (unpaired) electrons. The van der Waals surface area contributed by atoms with Gasteiger partial charge in [0.1, 0.15) is 11.6 Å². The minimum Gasteiger partial charge on any atom is -0.481 e. The molecule has 2 aromatic rings. The second-order valence-electron chi connectivity index (χ2n) is 10.3. The number of nitrogens with zero attached hydrogens (tertiary/aromatic N) is 1. The zero-order chi connectivity index (χ0) is 23.8. The van der Waals surface area contributed by atoms with Crippen molar-refractivity contribution in [2.75, 3.05) is 13.1 Å². The fourth-order valence-corrected chi connectivity index (χ4v) is 4.32. The molecular weight excluding hydrogens is 419 g/mol. The molecule has 2 aromatic carbocycles. The third kappa shape index (κ3) is 5.37. The van der Waals surface area contributed by atoms with E-state index >= 15 is 0 Å². The minimum absolute atomic E-state index is 0.0153. The number of carbonyl (C=O) groups excluding carboxylic acids is 2. The van der Waals surface area contributed by atoms with E-state index in [4.69, 9.17) is 4.74 Å². The highest BCUT2D eigenvalue weighted by molar-refractivity contribution is 5.83. The Labute approximate surface area is 195 Å². The fourth-order valence-electron chi connectivity index (χ4n) is 4.32. The van der Waals surface area contributed by atoms with Crippen LogP contribution in [0.2, 0.25) is 0 Å². The summed E-state index contributed by atoms with van der Waals surface area (Å²) >= 11 is 0. The Kier molecular flexibility index (Phi) is 6.46. The number of hydrogen-bond donors (Lipinski definition) is 1. The van der Waals surface area contributed by atoms with Crippen LogP contribution in [0.25, 0.3) is 0 Å². The number of amides is 2. The van der Waals surface area contributed by atoms with Crippen molar-refractivity contribution >= 4 is 11.8 Å². The summed E-state index contributed by atoms with van der Waals surface area (Å²) in [5, 5.41) is 2.95. The molecule has 1 aliphatic heterocycles. The van der Waals surface area contributed by atoms with E-state index in [1.807, 2.05) is 49.9 Å². The van der Waals surface area contributed by atoms with Gasteiger partial charge in [0.2, 0.25) is 5.91 Å². The van der Waals surface area contributed by atoms with Crippen molar-refractivity contribution in [1.82, 2.24) is 10.2 Å². The van der Waals surface area contributed by atoms with Crippen molar-refractivity contribution in [3.63, 3.8) is 0 Å². The first-order valence-electron chi connectivity index (χ1n) is 11.8. The van der Waals surface area contributed by atoms with Gasteiger partial charge in [0.05, 0.1) is 6.04 Å². The number of hydrogen-bond acceptors (Lipinski definition) is 3. The van der Waals surface area contributed by atoms with Crippen LogP contribution in [-0.2, 0) is 16.0 Å². The van der Waals surface area contributed by atoms with E-state index in [1.54, 1.807) is 13.0 Å². The van der Waals surface area contributed by atoms with Crippen LogP contribution in [0.3, 0.4) is 0 Å². The number of nitrogens with one attached hydrogen (secondary N) is 1. The topological polar surface area (TPSA) is 58.6 Å². The van der Waals surface area contributed by atoms with Crippen LogP contribution >= 0.6 is 0 Å². The molecule has 0 spiro atoms. The summed E-state index contributed by atoms with van der Waals surface area (Å²) < 4.78 is 20.1. The lowest BCUT2D eigenvalue weighted by Crippen LogP contribution is -2.45. The molecule has 2 atom stereocenters. The van der Waals surface area contributed by atoms with E-state index in [0.29, 0.717) is 31.2 Å². The lowest BCUT2D eigenvalue weighted by atomic mass is 9.85. The zero-order valence-electron chi connectivity index (χ0n) is 19.9. The first-order valence-corrected chi connectivity index (χ1v) is 11.8. The molecule has 4 rings (SSSR count). The summed E-state index contributed by atoms with van der Waals surface area (Å²) in [4.78, 5) is 27.6. The van der Waals surface area contributed by atoms with Gasteiger partial charge in [0, 0.05) is 18.5 Å². The Balaban J connectivity index is 1.64. The Morgan fingerprint density at radius 3 is 2.61 bits per heavy atom. The van der Waals surface area contributed by atoms with Crippen molar-refractivity contribution in [3.8, 4) is 5.75 Å². The number of benzene rings is 2. The number of rotatable bonds is 6. The molecule has 2 aliphatic rings. The highest BCUT2D eigenvalue weighted by Crippen LogP contribution is 2.39. The minimum atomic E-state index is -0.634. The van der Waals surface area contributed by atoms with Crippen molar-refractivity contribution in [1.29, 1.82) is 0 Å². The van der Waals surface area contributed by atoms with Crippen molar-refractivity contribution in [2.24, 2.45) is 11.3 Å². The molecule has 0 bridgehead atoms. The SMILES string of the molecule is C[C@H](Oc1ccc2c(c1)[C@H](c1cccc(F)c1)N(C(=O)C(C)(C)C)CC2)C(=O)NCC1CC1. The quantitative estimate of drug-likeness (QED) is 0.695. The molecule has 1 heterocycles. The van der Waals surface area contributed by atoms with E-state index in [0.717, 1.165) is 16.7 Å². The van der Waals surface area contributed by atoms with Gasteiger partial charge in [0.25, 0.3) is 5.91 Å². The molecule has 0 unspecified atom stereocenters. The molecule has 2 amide bonds. The maximum atomic E-state index is 14.2. The van der Waals surface area contributed by atoms with E-state index < -0.39 is 17.6 Å². The normalized spacial score (nSPS) is 18.9. The van der Waals surface area contributed by atoms with Gasteiger partial charge in [-0.15, -0.1) is 0 Å². The molecule has 0 saturated heterocycles. The fraction of sp³-hybridized carbons (Fsp3) is 0.481. The molecule has 1 N–H and O–H groups in total. The Bertz CT molecular complexity index is 1040. The molecule has 1 fully saturated rings. The van der Waals surface area contributed by atoms with Crippen LogP contribution in [0.4, 0.5) is 4.39 Å². The monoisotopic (exact) mass is 452 g/mol. The highest BCUT2D eigenvalue weighted by atomic mass is 19.1. The van der Waals surface area contributed by atoms with E-state index in [9.17, 15) is 14.0 Å². The van der Waals surface area contributed by atoms with Gasteiger partial charge in [-0.1, -0.05) is 39.0 Å². The van der Waals surface area contributed by atoms with Gasteiger partial charge < -0.3 is 15.0 Å². The molecule has 6 heteroatoms. The maximum absolute atomic E-state index is 14.2. The molecule has 33 heavy (non-hydrogen) atoms. The molecule has 176 valence electrons. The van der Waals surface area contributed by atoms with Gasteiger partial charge in [-0.3, -0.25) is 9.59 Å². The summed E-state index contributed by atoms with van der Waals surface area (Å²) in [7, 11) is 0. The zero-order valence-corrected chi connectivity index (χ0v) is 19.9.